The highest BCUT2D eigenvalue weighted by molar-refractivity contribution is 6.12. The SMILES string of the molecule is C=Cc1[nH]c2cc3c(cc2c1/C=C\C)[nH]c1ccccc13. The van der Waals surface area contributed by atoms with Gasteiger partial charge in [0.05, 0.1) is 0 Å². The van der Waals surface area contributed by atoms with Crippen LogP contribution in [0.25, 0.3) is 44.9 Å². The zero-order chi connectivity index (χ0) is 14.4. The van der Waals surface area contributed by atoms with E-state index in [0.717, 1.165) is 11.2 Å². The maximum atomic E-state index is 3.90. The molecular weight excluding hydrogens is 256 g/mol. The van der Waals surface area contributed by atoms with Crippen LogP contribution in [-0.2, 0) is 0 Å². The third kappa shape index (κ3) is 1.66. The maximum Gasteiger partial charge on any atom is 0.0472 e. The number of nitrogens with one attached hydrogen (secondary N) is 2. The second-order valence-electron chi connectivity index (χ2n) is 5.27. The van der Waals surface area contributed by atoms with Crippen molar-refractivity contribution < 1.29 is 0 Å². The Kier molecular flexibility index (Phi) is 2.51. The number of hydrogen-bond donors (Lipinski definition) is 2. The largest absolute Gasteiger partial charge is 0.355 e. The number of H-pyrrole nitrogens is 2. The zero-order valence-corrected chi connectivity index (χ0v) is 11.9. The third-order valence-electron chi connectivity index (χ3n) is 4.03. The predicted molar refractivity (Wildman–Crippen MR) is 92.5 cm³/mol. The number of fused-ring (bicyclic) bond motifs is 4. The first-order chi connectivity index (χ1) is 10.3. The number of allylic oxidation sites excluding steroid dienone is 1. The summed E-state index contributed by atoms with van der Waals surface area (Å²) in [5.41, 5.74) is 5.76. The predicted octanol–water partition coefficient (Wildman–Crippen LogP) is 5.48. The molecule has 2 nitrogen and oxygen atoms in total. The summed E-state index contributed by atoms with van der Waals surface area (Å²) in [4.78, 5) is 6.97. The van der Waals surface area contributed by atoms with Gasteiger partial charge in [-0.3, -0.25) is 0 Å². The smallest absolute Gasteiger partial charge is 0.0472 e. The monoisotopic (exact) mass is 272 g/mol. The van der Waals surface area contributed by atoms with Gasteiger partial charge in [-0.1, -0.05) is 36.9 Å². The molecule has 0 unspecified atom stereocenters. The molecule has 4 rings (SSSR count). The number of aromatic nitrogens is 2. The summed E-state index contributed by atoms with van der Waals surface area (Å²) < 4.78 is 0. The Morgan fingerprint density at radius 2 is 1.67 bits per heavy atom. The van der Waals surface area contributed by atoms with Gasteiger partial charge in [0, 0.05) is 44.0 Å². The van der Waals surface area contributed by atoms with E-state index < -0.39 is 0 Å². The van der Waals surface area contributed by atoms with Gasteiger partial charge in [0.1, 0.15) is 0 Å². The molecule has 0 bridgehead atoms. The molecular formula is C19H16N2. The van der Waals surface area contributed by atoms with Crippen LogP contribution in [0, 0.1) is 0 Å². The number of para-hydroxylation sites is 1. The molecule has 21 heavy (non-hydrogen) atoms. The standard InChI is InChI=1S/C19H16N2/c1-3-7-12-14-10-19-15(11-18(14)20-16(12)4-2)13-8-5-6-9-17(13)21-19/h3-11,20-21H,2H2,1H3/b7-3-. The van der Waals surface area contributed by atoms with Crippen LogP contribution in [0.15, 0.2) is 49.1 Å². The van der Waals surface area contributed by atoms with E-state index in [1.165, 1.54) is 32.8 Å². The molecule has 0 spiro atoms. The van der Waals surface area contributed by atoms with Crippen molar-refractivity contribution in [1.82, 2.24) is 9.97 Å². The lowest BCUT2D eigenvalue weighted by molar-refractivity contribution is 1.43. The van der Waals surface area contributed by atoms with E-state index >= 15 is 0 Å². The highest BCUT2D eigenvalue weighted by Crippen LogP contribution is 2.32. The Labute approximate surface area is 122 Å². The van der Waals surface area contributed by atoms with Gasteiger partial charge in [-0.15, -0.1) is 0 Å². The Balaban J connectivity index is 2.17. The second kappa shape index (κ2) is 4.38. The third-order valence-corrected chi connectivity index (χ3v) is 4.03. The first-order valence-electron chi connectivity index (χ1n) is 7.13. The fourth-order valence-electron chi connectivity index (χ4n) is 3.09. The van der Waals surface area contributed by atoms with Gasteiger partial charge in [-0.2, -0.15) is 0 Å². The first kappa shape index (κ1) is 12.0. The molecule has 0 saturated heterocycles. The zero-order valence-electron chi connectivity index (χ0n) is 11.9. The van der Waals surface area contributed by atoms with Gasteiger partial charge in [-0.05, 0) is 31.2 Å². The molecule has 0 fully saturated rings. The Morgan fingerprint density at radius 3 is 2.48 bits per heavy atom. The van der Waals surface area contributed by atoms with Crippen LogP contribution in [0.3, 0.4) is 0 Å². The summed E-state index contributed by atoms with van der Waals surface area (Å²) in [6, 6.07) is 12.9. The topological polar surface area (TPSA) is 31.6 Å². The van der Waals surface area contributed by atoms with Crippen molar-refractivity contribution >= 4 is 44.9 Å². The number of aromatic amines is 2. The van der Waals surface area contributed by atoms with Crippen LogP contribution in [-0.4, -0.2) is 9.97 Å². The highest BCUT2D eigenvalue weighted by atomic mass is 14.7. The molecule has 102 valence electrons. The fraction of sp³-hybridized carbons (Fsp3) is 0.0526. The lowest BCUT2D eigenvalue weighted by Crippen LogP contribution is -1.74. The Hall–Kier alpha value is -2.74. The van der Waals surface area contributed by atoms with E-state index in [0.29, 0.717) is 0 Å². The summed E-state index contributed by atoms with van der Waals surface area (Å²) in [5.74, 6) is 0. The number of hydrogen-bond acceptors (Lipinski definition) is 0. The van der Waals surface area contributed by atoms with Crippen LogP contribution < -0.4 is 0 Å². The van der Waals surface area contributed by atoms with Gasteiger partial charge in [-0.25, -0.2) is 0 Å². The van der Waals surface area contributed by atoms with Crippen LogP contribution >= 0.6 is 0 Å². The summed E-state index contributed by atoms with van der Waals surface area (Å²) in [5, 5.41) is 3.74. The van der Waals surface area contributed by atoms with Crippen LogP contribution in [0.4, 0.5) is 0 Å². The molecule has 0 aliphatic heterocycles. The van der Waals surface area contributed by atoms with Gasteiger partial charge in [0.2, 0.25) is 0 Å². The van der Waals surface area contributed by atoms with E-state index in [4.69, 9.17) is 0 Å². The summed E-state index contributed by atoms with van der Waals surface area (Å²) in [6.07, 6.45) is 6.07. The normalized spacial score (nSPS) is 12.0. The van der Waals surface area contributed by atoms with Crippen LogP contribution in [0.5, 0.6) is 0 Å². The Bertz CT molecular complexity index is 1010. The van der Waals surface area contributed by atoms with E-state index in [9.17, 15) is 0 Å². The molecule has 0 aliphatic rings. The minimum atomic E-state index is 1.07. The fourth-order valence-corrected chi connectivity index (χ4v) is 3.09. The average molecular weight is 272 g/mol. The quantitative estimate of drug-likeness (QED) is 0.484. The van der Waals surface area contributed by atoms with E-state index in [1.807, 2.05) is 13.0 Å². The van der Waals surface area contributed by atoms with Gasteiger partial charge < -0.3 is 9.97 Å². The molecule has 2 aromatic heterocycles. The van der Waals surface area contributed by atoms with Crippen molar-refractivity contribution in [2.24, 2.45) is 0 Å². The lowest BCUT2D eigenvalue weighted by atomic mass is 10.1. The van der Waals surface area contributed by atoms with Crippen molar-refractivity contribution in [1.29, 1.82) is 0 Å². The molecule has 2 heterocycles. The summed E-state index contributed by atoms with van der Waals surface area (Å²) in [6.45, 7) is 5.94. The van der Waals surface area contributed by atoms with Crippen LogP contribution in [0.2, 0.25) is 0 Å². The minimum Gasteiger partial charge on any atom is -0.355 e. The van der Waals surface area contributed by atoms with E-state index in [1.54, 1.807) is 0 Å². The van der Waals surface area contributed by atoms with Crippen LogP contribution in [0.1, 0.15) is 18.2 Å². The van der Waals surface area contributed by atoms with Gasteiger partial charge >= 0.3 is 0 Å². The maximum absolute atomic E-state index is 3.90. The highest BCUT2D eigenvalue weighted by Gasteiger charge is 2.11. The first-order valence-corrected chi connectivity index (χ1v) is 7.13. The lowest BCUT2D eigenvalue weighted by Gasteiger charge is -1.95. The average Bonchev–Trinajstić information content (AvgIpc) is 3.03. The molecule has 2 N–H and O–H groups in total. The van der Waals surface area contributed by atoms with E-state index in [-0.39, 0.29) is 0 Å². The summed E-state index contributed by atoms with van der Waals surface area (Å²) in [7, 11) is 0. The molecule has 0 radical (unpaired) electrons. The molecule has 0 aliphatic carbocycles. The Morgan fingerprint density at radius 1 is 0.905 bits per heavy atom. The molecule has 0 atom stereocenters. The number of rotatable bonds is 2. The van der Waals surface area contributed by atoms with Crippen molar-refractivity contribution in [3.05, 3.63) is 60.3 Å². The van der Waals surface area contributed by atoms with E-state index in [2.05, 4.69) is 65.1 Å². The van der Waals surface area contributed by atoms with Crippen molar-refractivity contribution in [2.75, 3.05) is 0 Å². The van der Waals surface area contributed by atoms with Crippen molar-refractivity contribution in [3.8, 4) is 0 Å². The molecule has 0 saturated carbocycles. The minimum absolute atomic E-state index is 1.07. The molecule has 2 heteroatoms. The molecule has 4 aromatic rings. The van der Waals surface area contributed by atoms with Gasteiger partial charge in [0.15, 0.2) is 0 Å². The van der Waals surface area contributed by atoms with Crippen molar-refractivity contribution in [2.45, 2.75) is 6.92 Å². The van der Waals surface area contributed by atoms with Gasteiger partial charge in [0.25, 0.3) is 0 Å². The van der Waals surface area contributed by atoms with Crippen molar-refractivity contribution in [3.63, 3.8) is 0 Å². The number of benzene rings is 2. The second-order valence-corrected chi connectivity index (χ2v) is 5.27. The molecule has 0 amide bonds. The molecule has 2 aromatic carbocycles. The summed E-state index contributed by atoms with van der Waals surface area (Å²) >= 11 is 0.